The number of nitrogens with zero attached hydrogens (tertiary/aromatic N) is 2. The lowest BCUT2D eigenvalue weighted by atomic mass is 10.1. The molecule has 3 aromatic rings. The van der Waals surface area contributed by atoms with Crippen LogP contribution < -0.4 is 10.6 Å². The average molecular weight is 350 g/mol. The van der Waals surface area contributed by atoms with Crippen LogP contribution in [0.5, 0.6) is 0 Å². The molecular weight excluding hydrogens is 332 g/mol. The van der Waals surface area contributed by atoms with Crippen molar-refractivity contribution >= 4 is 23.3 Å². The van der Waals surface area contributed by atoms with Crippen LogP contribution in [-0.4, -0.2) is 22.0 Å². The van der Waals surface area contributed by atoms with E-state index in [1.54, 1.807) is 13.0 Å². The zero-order chi connectivity index (χ0) is 18.5. The van der Waals surface area contributed by atoms with Crippen LogP contribution in [0.2, 0.25) is 0 Å². The van der Waals surface area contributed by atoms with Gasteiger partial charge in [0.1, 0.15) is 5.76 Å². The predicted molar refractivity (Wildman–Crippen MR) is 97.2 cm³/mol. The highest BCUT2D eigenvalue weighted by Crippen LogP contribution is 2.13. The van der Waals surface area contributed by atoms with Gasteiger partial charge in [-0.1, -0.05) is 24.2 Å². The van der Waals surface area contributed by atoms with Crippen molar-refractivity contribution in [1.82, 2.24) is 10.1 Å². The Hall–Kier alpha value is -3.48. The van der Waals surface area contributed by atoms with Crippen molar-refractivity contribution in [3.8, 4) is 0 Å². The maximum Gasteiger partial charge on any atom is 0.258 e. The van der Waals surface area contributed by atoms with Crippen molar-refractivity contribution in [2.45, 2.75) is 20.3 Å². The fourth-order valence-electron chi connectivity index (χ4n) is 2.33. The summed E-state index contributed by atoms with van der Waals surface area (Å²) in [5.41, 5.74) is 2.40. The molecule has 2 N–H and O–H groups in total. The number of hydrogen-bond acceptors (Lipinski definition) is 5. The molecule has 2 aromatic heterocycles. The first-order valence-electron chi connectivity index (χ1n) is 8.15. The van der Waals surface area contributed by atoms with Crippen LogP contribution in [0.3, 0.4) is 0 Å². The largest absolute Gasteiger partial charge is 0.360 e. The van der Waals surface area contributed by atoms with E-state index in [1.165, 1.54) is 24.0 Å². The highest BCUT2D eigenvalue weighted by atomic mass is 16.5. The molecule has 1 aromatic carbocycles. The summed E-state index contributed by atoms with van der Waals surface area (Å²) < 4.78 is 4.90. The quantitative estimate of drug-likeness (QED) is 0.734. The van der Waals surface area contributed by atoms with E-state index in [0.29, 0.717) is 17.3 Å². The number of aromatic nitrogens is 2. The van der Waals surface area contributed by atoms with Gasteiger partial charge >= 0.3 is 0 Å². The van der Waals surface area contributed by atoms with Crippen LogP contribution in [0.4, 0.5) is 11.5 Å². The minimum atomic E-state index is -0.423. The second-order valence-electron chi connectivity index (χ2n) is 5.74. The third-order valence-electron chi connectivity index (χ3n) is 3.75. The van der Waals surface area contributed by atoms with E-state index < -0.39 is 5.91 Å². The summed E-state index contributed by atoms with van der Waals surface area (Å²) in [7, 11) is 0. The fraction of sp³-hybridized carbons (Fsp3) is 0.158. The van der Waals surface area contributed by atoms with E-state index in [2.05, 4.69) is 27.7 Å². The lowest BCUT2D eigenvalue weighted by molar-refractivity contribution is 0.102. The molecule has 0 atom stereocenters. The Balaban J connectivity index is 1.71. The fourth-order valence-corrected chi connectivity index (χ4v) is 2.33. The third-order valence-corrected chi connectivity index (χ3v) is 3.75. The molecule has 0 fully saturated rings. The van der Waals surface area contributed by atoms with Crippen LogP contribution in [0.15, 0.2) is 53.3 Å². The maximum atomic E-state index is 12.4. The van der Waals surface area contributed by atoms with Gasteiger partial charge in [-0.05, 0) is 37.1 Å². The molecule has 0 aliphatic rings. The first-order chi connectivity index (χ1) is 12.5. The van der Waals surface area contributed by atoms with Gasteiger partial charge in [0.15, 0.2) is 5.82 Å². The summed E-state index contributed by atoms with van der Waals surface area (Å²) in [6.45, 7) is 3.79. The van der Waals surface area contributed by atoms with Gasteiger partial charge in [-0.15, -0.1) is 0 Å². The van der Waals surface area contributed by atoms with E-state index in [4.69, 9.17) is 4.52 Å². The Morgan fingerprint density at radius 2 is 1.65 bits per heavy atom. The van der Waals surface area contributed by atoms with Crippen molar-refractivity contribution in [1.29, 1.82) is 0 Å². The van der Waals surface area contributed by atoms with Gasteiger partial charge in [0, 0.05) is 24.1 Å². The zero-order valence-corrected chi connectivity index (χ0v) is 14.4. The van der Waals surface area contributed by atoms with Gasteiger partial charge in [-0.2, -0.15) is 0 Å². The molecule has 0 saturated carbocycles. The SMILES string of the molecule is CCc1ccc(NC(=O)c2cncc(C(=O)Nc3cc(C)on3)c2)cc1. The van der Waals surface area contributed by atoms with E-state index in [0.717, 1.165) is 6.42 Å². The van der Waals surface area contributed by atoms with Crippen molar-refractivity contribution in [3.63, 3.8) is 0 Å². The highest BCUT2D eigenvalue weighted by molar-refractivity contribution is 6.08. The Kier molecular flexibility index (Phi) is 5.07. The second kappa shape index (κ2) is 7.60. The first kappa shape index (κ1) is 17.3. The minimum absolute atomic E-state index is 0.250. The molecule has 0 radical (unpaired) electrons. The highest BCUT2D eigenvalue weighted by Gasteiger charge is 2.13. The predicted octanol–water partition coefficient (Wildman–Crippen LogP) is 3.45. The lowest BCUT2D eigenvalue weighted by Crippen LogP contribution is -2.16. The number of amides is 2. The molecule has 7 heteroatoms. The Bertz CT molecular complexity index is 932. The van der Waals surface area contributed by atoms with E-state index in [1.807, 2.05) is 24.3 Å². The summed E-state index contributed by atoms with van der Waals surface area (Å²) in [6.07, 6.45) is 3.72. The van der Waals surface area contributed by atoms with Crippen molar-refractivity contribution in [2.24, 2.45) is 0 Å². The number of carbonyl (C=O) groups is 2. The van der Waals surface area contributed by atoms with E-state index >= 15 is 0 Å². The summed E-state index contributed by atoms with van der Waals surface area (Å²) in [4.78, 5) is 28.6. The number of pyridine rings is 1. The smallest absolute Gasteiger partial charge is 0.258 e. The normalized spacial score (nSPS) is 10.4. The van der Waals surface area contributed by atoms with Gasteiger partial charge in [0.05, 0.1) is 11.1 Å². The van der Waals surface area contributed by atoms with Gasteiger partial charge < -0.3 is 15.2 Å². The van der Waals surface area contributed by atoms with Crippen LogP contribution >= 0.6 is 0 Å². The number of carbonyl (C=O) groups excluding carboxylic acids is 2. The summed E-state index contributed by atoms with van der Waals surface area (Å²) >= 11 is 0. The lowest BCUT2D eigenvalue weighted by Gasteiger charge is -2.07. The first-order valence-corrected chi connectivity index (χ1v) is 8.15. The number of anilines is 2. The number of benzene rings is 1. The molecule has 2 amide bonds. The number of aryl methyl sites for hydroxylation is 2. The molecular formula is C19H18N4O3. The maximum absolute atomic E-state index is 12.4. The molecule has 0 bridgehead atoms. The molecule has 2 heterocycles. The molecule has 132 valence electrons. The monoisotopic (exact) mass is 350 g/mol. The van der Waals surface area contributed by atoms with E-state index in [9.17, 15) is 9.59 Å². The third kappa shape index (κ3) is 4.13. The average Bonchev–Trinajstić information content (AvgIpc) is 3.07. The van der Waals surface area contributed by atoms with Crippen LogP contribution in [0.1, 0.15) is 39.0 Å². The Labute approximate surface area is 150 Å². The summed E-state index contributed by atoms with van der Waals surface area (Å²) in [5.74, 6) is 0.125. The molecule has 26 heavy (non-hydrogen) atoms. The summed E-state index contributed by atoms with van der Waals surface area (Å²) in [5, 5.41) is 9.08. The number of rotatable bonds is 5. The Morgan fingerprint density at radius 1 is 1.00 bits per heavy atom. The zero-order valence-electron chi connectivity index (χ0n) is 14.4. The standard InChI is InChI=1S/C19H18N4O3/c1-3-13-4-6-16(7-5-13)21-18(24)14-9-15(11-20-10-14)19(25)22-17-8-12(2)26-23-17/h4-11H,3H2,1-2H3,(H,21,24)(H,22,23,25). The van der Waals surface area contributed by atoms with Gasteiger partial charge in [0.2, 0.25) is 0 Å². The van der Waals surface area contributed by atoms with Crippen LogP contribution in [0.25, 0.3) is 0 Å². The Morgan fingerprint density at radius 3 is 2.23 bits per heavy atom. The minimum Gasteiger partial charge on any atom is -0.360 e. The summed E-state index contributed by atoms with van der Waals surface area (Å²) in [6, 6.07) is 10.7. The van der Waals surface area contributed by atoms with Gasteiger partial charge in [0.25, 0.3) is 11.8 Å². The second-order valence-corrected chi connectivity index (χ2v) is 5.74. The molecule has 0 unspecified atom stereocenters. The molecule has 3 rings (SSSR count). The number of nitrogens with one attached hydrogen (secondary N) is 2. The van der Waals surface area contributed by atoms with Gasteiger partial charge in [-0.25, -0.2) is 0 Å². The topological polar surface area (TPSA) is 97.1 Å². The molecule has 0 saturated heterocycles. The van der Waals surface area contributed by atoms with E-state index in [-0.39, 0.29) is 17.0 Å². The molecule has 0 spiro atoms. The van der Waals surface area contributed by atoms with Crippen LogP contribution in [-0.2, 0) is 6.42 Å². The van der Waals surface area contributed by atoms with Crippen LogP contribution in [0, 0.1) is 6.92 Å². The number of hydrogen-bond donors (Lipinski definition) is 2. The van der Waals surface area contributed by atoms with Crippen molar-refractivity contribution in [3.05, 3.63) is 71.2 Å². The molecule has 7 nitrogen and oxygen atoms in total. The van der Waals surface area contributed by atoms with Crippen molar-refractivity contribution < 1.29 is 14.1 Å². The van der Waals surface area contributed by atoms with Gasteiger partial charge in [-0.3, -0.25) is 14.6 Å². The molecule has 0 aliphatic heterocycles. The van der Waals surface area contributed by atoms with Crippen molar-refractivity contribution in [2.75, 3.05) is 10.6 Å². The molecule has 0 aliphatic carbocycles.